The molecule has 1 fully saturated rings. The third-order valence-corrected chi connectivity index (χ3v) is 8.43. The number of amides is 1. The number of hydroxylamine groups is 1. The molecule has 192 valence electrons. The number of aliphatic hydroxyl groups is 1. The first-order chi connectivity index (χ1) is 17.6. The Labute approximate surface area is 216 Å². The molecule has 3 unspecified atom stereocenters. The van der Waals surface area contributed by atoms with Crippen molar-refractivity contribution in [1.82, 2.24) is 5.48 Å². The van der Waals surface area contributed by atoms with Crippen LogP contribution in [0.2, 0.25) is 0 Å². The fourth-order valence-electron chi connectivity index (χ4n) is 6.67. The highest BCUT2D eigenvalue weighted by Crippen LogP contribution is 2.66. The maximum Gasteiger partial charge on any atom is 0.243 e. The van der Waals surface area contributed by atoms with E-state index in [-0.39, 0.29) is 23.3 Å². The van der Waals surface area contributed by atoms with Gasteiger partial charge in [0, 0.05) is 17.8 Å². The Morgan fingerprint density at radius 2 is 1.53 bits per heavy atom. The fraction of sp³-hybridized carbons (Fsp3) is 0.469. The van der Waals surface area contributed by atoms with Crippen LogP contribution in [0.1, 0.15) is 88.2 Å². The van der Waals surface area contributed by atoms with Gasteiger partial charge in [-0.15, -0.1) is 0 Å². The summed E-state index contributed by atoms with van der Waals surface area (Å²) in [5.41, 5.74) is 8.07. The second-order valence-corrected chi connectivity index (χ2v) is 10.6. The number of fused-ring (bicyclic) bond motifs is 1. The van der Waals surface area contributed by atoms with E-state index in [1.54, 1.807) is 5.48 Å². The largest absolute Gasteiger partial charge is 0.393 e. The van der Waals surface area contributed by atoms with Gasteiger partial charge in [-0.2, -0.15) is 0 Å². The van der Waals surface area contributed by atoms with Gasteiger partial charge in [0.1, 0.15) is 0 Å². The van der Waals surface area contributed by atoms with Gasteiger partial charge in [0.25, 0.3) is 0 Å². The van der Waals surface area contributed by atoms with Crippen molar-refractivity contribution in [1.29, 1.82) is 0 Å². The first-order valence-electron chi connectivity index (χ1n) is 13.7. The van der Waals surface area contributed by atoms with Crippen molar-refractivity contribution in [2.24, 2.45) is 11.3 Å². The van der Waals surface area contributed by atoms with E-state index in [0.29, 0.717) is 6.42 Å². The minimum Gasteiger partial charge on any atom is -0.393 e. The lowest BCUT2D eigenvalue weighted by atomic mass is 9.66. The number of hydrogen-bond acceptors (Lipinski definition) is 3. The van der Waals surface area contributed by atoms with Gasteiger partial charge in [-0.3, -0.25) is 10.0 Å². The number of carbonyl (C=O) groups is 1. The standard InChI is InChI=1S/C32H41NO3/c1-24(25-15-10-7-11-16-25)32-22-21-29(34)28(32)23-27(31(32)26-17-12-8-13-18-26)19-9-5-3-2-4-6-14-20-30(35)33-36/h7-8,10-13,15-18,28-29,34,36H,1-6,9,14,19-23H2,(H,33,35). The molecule has 0 aromatic heterocycles. The molecular weight excluding hydrogens is 446 g/mol. The maximum atomic E-state index is 11.1. The summed E-state index contributed by atoms with van der Waals surface area (Å²) in [4.78, 5) is 11.1. The number of unbranched alkanes of at least 4 members (excludes halogenated alkanes) is 6. The highest BCUT2D eigenvalue weighted by atomic mass is 16.5. The van der Waals surface area contributed by atoms with E-state index in [9.17, 15) is 9.90 Å². The zero-order chi connectivity index (χ0) is 25.4. The van der Waals surface area contributed by atoms with E-state index in [0.717, 1.165) is 56.9 Å². The Morgan fingerprint density at radius 1 is 0.917 bits per heavy atom. The summed E-state index contributed by atoms with van der Waals surface area (Å²) in [7, 11) is 0. The molecule has 0 heterocycles. The van der Waals surface area contributed by atoms with Crippen LogP contribution in [0, 0.1) is 11.3 Å². The van der Waals surface area contributed by atoms with E-state index in [1.165, 1.54) is 41.5 Å². The van der Waals surface area contributed by atoms with Crippen LogP contribution in [-0.2, 0) is 4.79 Å². The molecule has 2 aromatic rings. The normalized spacial score (nSPS) is 23.1. The lowest BCUT2D eigenvalue weighted by Crippen LogP contribution is -2.29. The van der Waals surface area contributed by atoms with E-state index in [1.807, 2.05) is 0 Å². The maximum absolute atomic E-state index is 11.1. The lowest BCUT2D eigenvalue weighted by Gasteiger charge is -2.37. The highest BCUT2D eigenvalue weighted by Gasteiger charge is 2.56. The minimum atomic E-state index is -0.295. The SMILES string of the molecule is C=C(c1ccccc1)C12CCC(O)C1CC(CCCCCCCCCC(=O)NO)=C2c1ccccc1. The number of benzene rings is 2. The van der Waals surface area contributed by atoms with Gasteiger partial charge in [0.2, 0.25) is 5.91 Å². The van der Waals surface area contributed by atoms with Gasteiger partial charge in [-0.25, -0.2) is 5.48 Å². The van der Waals surface area contributed by atoms with Gasteiger partial charge in [-0.05, 0) is 60.8 Å². The summed E-state index contributed by atoms with van der Waals surface area (Å²) >= 11 is 0. The second kappa shape index (κ2) is 12.5. The van der Waals surface area contributed by atoms with Crippen LogP contribution in [0.15, 0.2) is 72.8 Å². The number of aliphatic hydroxyl groups excluding tert-OH is 1. The molecule has 0 radical (unpaired) electrons. The van der Waals surface area contributed by atoms with E-state index < -0.39 is 0 Å². The Bertz CT molecular complexity index is 1050. The van der Waals surface area contributed by atoms with Gasteiger partial charge in [-0.1, -0.05) is 105 Å². The quantitative estimate of drug-likeness (QED) is 0.157. The van der Waals surface area contributed by atoms with Crippen molar-refractivity contribution >= 4 is 17.1 Å². The van der Waals surface area contributed by atoms with Crippen molar-refractivity contribution < 1.29 is 15.1 Å². The summed E-state index contributed by atoms with van der Waals surface area (Å²) in [6.07, 6.45) is 11.7. The molecule has 2 aliphatic carbocycles. The Balaban J connectivity index is 1.46. The number of carbonyl (C=O) groups excluding carboxylic acids is 1. The van der Waals surface area contributed by atoms with Crippen molar-refractivity contribution in [2.75, 3.05) is 0 Å². The Kier molecular flexibility index (Phi) is 9.17. The average Bonchev–Trinajstić information content (AvgIpc) is 3.42. The molecule has 0 bridgehead atoms. The van der Waals surface area contributed by atoms with Crippen molar-refractivity contribution in [3.63, 3.8) is 0 Å². The van der Waals surface area contributed by atoms with Gasteiger partial charge in [0.15, 0.2) is 0 Å². The van der Waals surface area contributed by atoms with E-state index in [4.69, 9.17) is 5.21 Å². The zero-order valence-corrected chi connectivity index (χ0v) is 21.4. The molecule has 2 aromatic carbocycles. The monoisotopic (exact) mass is 487 g/mol. The van der Waals surface area contributed by atoms with Gasteiger partial charge < -0.3 is 5.11 Å². The van der Waals surface area contributed by atoms with Crippen molar-refractivity contribution in [2.45, 2.75) is 83.2 Å². The van der Waals surface area contributed by atoms with Crippen LogP contribution < -0.4 is 5.48 Å². The number of hydrogen-bond donors (Lipinski definition) is 3. The molecule has 4 heteroatoms. The molecule has 2 aliphatic rings. The summed E-state index contributed by atoms with van der Waals surface area (Å²) in [6, 6.07) is 21.3. The Morgan fingerprint density at radius 3 is 2.19 bits per heavy atom. The zero-order valence-electron chi connectivity index (χ0n) is 21.4. The molecule has 4 rings (SSSR count). The number of nitrogens with one attached hydrogen (secondary N) is 1. The predicted molar refractivity (Wildman–Crippen MR) is 146 cm³/mol. The third kappa shape index (κ3) is 5.66. The van der Waals surface area contributed by atoms with Gasteiger partial charge in [0.05, 0.1) is 6.10 Å². The lowest BCUT2D eigenvalue weighted by molar-refractivity contribution is -0.129. The first kappa shape index (κ1) is 26.4. The van der Waals surface area contributed by atoms with Crippen LogP contribution in [0.25, 0.3) is 11.1 Å². The highest BCUT2D eigenvalue weighted by molar-refractivity contribution is 5.90. The molecule has 1 amide bonds. The summed E-state index contributed by atoms with van der Waals surface area (Å²) in [5.74, 6) is -0.0943. The van der Waals surface area contributed by atoms with Crippen molar-refractivity contribution in [3.05, 3.63) is 83.9 Å². The molecule has 0 saturated heterocycles. The van der Waals surface area contributed by atoms with Crippen LogP contribution in [-0.4, -0.2) is 22.3 Å². The third-order valence-electron chi connectivity index (χ3n) is 8.43. The van der Waals surface area contributed by atoms with Gasteiger partial charge >= 0.3 is 0 Å². The number of allylic oxidation sites excluding steroid dienone is 3. The fourth-order valence-corrected chi connectivity index (χ4v) is 6.67. The van der Waals surface area contributed by atoms with Crippen LogP contribution in [0.4, 0.5) is 0 Å². The Hall–Kier alpha value is -2.69. The second-order valence-electron chi connectivity index (χ2n) is 10.6. The minimum absolute atomic E-state index is 0.196. The topological polar surface area (TPSA) is 69.6 Å². The molecule has 3 N–H and O–H groups in total. The molecule has 0 spiro atoms. The number of rotatable bonds is 13. The molecular formula is C32H41NO3. The van der Waals surface area contributed by atoms with Crippen LogP contribution in [0.5, 0.6) is 0 Å². The molecule has 36 heavy (non-hydrogen) atoms. The molecule has 0 aliphatic heterocycles. The molecule has 3 atom stereocenters. The smallest absolute Gasteiger partial charge is 0.243 e. The summed E-state index contributed by atoms with van der Waals surface area (Å²) < 4.78 is 0. The van der Waals surface area contributed by atoms with Crippen molar-refractivity contribution in [3.8, 4) is 0 Å². The molecule has 4 nitrogen and oxygen atoms in total. The van der Waals surface area contributed by atoms with Crippen LogP contribution >= 0.6 is 0 Å². The average molecular weight is 488 g/mol. The predicted octanol–water partition coefficient (Wildman–Crippen LogP) is 7.33. The summed E-state index contributed by atoms with van der Waals surface area (Å²) in [5, 5.41) is 19.7. The van der Waals surface area contributed by atoms with E-state index >= 15 is 0 Å². The first-order valence-corrected chi connectivity index (χ1v) is 13.7. The molecule has 1 saturated carbocycles. The van der Waals surface area contributed by atoms with E-state index in [2.05, 4.69) is 67.2 Å². The summed E-state index contributed by atoms with van der Waals surface area (Å²) in [6.45, 7) is 4.66. The van der Waals surface area contributed by atoms with Crippen LogP contribution in [0.3, 0.4) is 0 Å².